The van der Waals surface area contributed by atoms with Gasteiger partial charge in [-0.1, -0.05) is 12.1 Å². The van der Waals surface area contributed by atoms with Gasteiger partial charge in [0, 0.05) is 44.6 Å². The second-order valence-corrected chi connectivity index (χ2v) is 6.66. The number of unbranched alkanes of at least 4 members (excludes halogenated alkanes) is 1. The zero-order valence-electron chi connectivity index (χ0n) is 16.1. The topological polar surface area (TPSA) is 113 Å². The number of hydrogen-bond donors (Lipinski definition) is 2. The summed E-state index contributed by atoms with van der Waals surface area (Å²) in [5.41, 5.74) is 2.22. The Bertz CT molecular complexity index is 1040. The highest BCUT2D eigenvalue weighted by atomic mass is 16.4. The van der Waals surface area contributed by atoms with Crippen LogP contribution in [0, 0.1) is 0 Å². The maximum Gasteiger partial charge on any atom is 0.411 e. The van der Waals surface area contributed by atoms with Gasteiger partial charge in [0.25, 0.3) is 0 Å². The van der Waals surface area contributed by atoms with Gasteiger partial charge in [0.15, 0.2) is 0 Å². The summed E-state index contributed by atoms with van der Waals surface area (Å²) in [6, 6.07) is 8.51. The average molecular weight is 397 g/mol. The highest BCUT2D eigenvalue weighted by molar-refractivity contribution is 5.86. The molecule has 152 valence electrons. The molecule has 2 heterocycles. The average Bonchev–Trinajstić information content (AvgIpc) is 3.13. The Kier molecular flexibility index (Phi) is 6.40. The fourth-order valence-corrected chi connectivity index (χ4v) is 2.98. The number of nitrogens with zero attached hydrogens (tertiary/aromatic N) is 5. The van der Waals surface area contributed by atoms with Crippen LogP contribution in [-0.4, -0.2) is 49.0 Å². The molecule has 0 unspecified atom stereocenters. The minimum atomic E-state index is -1.06. The van der Waals surface area contributed by atoms with Crippen LogP contribution in [0.25, 0.3) is 5.69 Å². The van der Waals surface area contributed by atoms with Crippen molar-refractivity contribution in [1.29, 1.82) is 0 Å². The van der Waals surface area contributed by atoms with Gasteiger partial charge in [0.1, 0.15) is 11.4 Å². The van der Waals surface area contributed by atoms with Crippen LogP contribution in [0.3, 0.4) is 0 Å². The van der Waals surface area contributed by atoms with Crippen molar-refractivity contribution in [2.45, 2.75) is 19.3 Å². The molecular formula is C20H23N5O4. The molecule has 0 radical (unpaired) electrons. The molecule has 0 saturated heterocycles. The molecule has 1 amide bonds. The number of carbonyl (C=O) groups is 1. The number of hydrogen-bond acceptors (Lipinski definition) is 5. The zero-order chi connectivity index (χ0) is 20.8. The van der Waals surface area contributed by atoms with Crippen molar-refractivity contribution < 1.29 is 15.0 Å². The first-order valence-corrected chi connectivity index (χ1v) is 9.26. The third-order valence-electron chi connectivity index (χ3n) is 4.45. The van der Waals surface area contributed by atoms with Crippen LogP contribution in [0.2, 0.25) is 0 Å². The molecule has 0 fully saturated rings. The number of aromatic nitrogens is 4. The summed E-state index contributed by atoms with van der Waals surface area (Å²) in [6.07, 6.45) is 5.34. The normalized spacial score (nSPS) is 10.8. The number of aliphatic hydroxyl groups is 1. The third kappa shape index (κ3) is 5.08. The summed E-state index contributed by atoms with van der Waals surface area (Å²) >= 11 is 0. The molecule has 0 saturated carbocycles. The zero-order valence-corrected chi connectivity index (χ0v) is 16.1. The molecule has 2 N–H and O–H groups in total. The van der Waals surface area contributed by atoms with Gasteiger partial charge in [-0.2, -0.15) is 10.2 Å². The summed E-state index contributed by atoms with van der Waals surface area (Å²) in [5, 5.41) is 26.9. The van der Waals surface area contributed by atoms with Crippen molar-refractivity contribution in [2.24, 2.45) is 7.05 Å². The number of aryl methyl sites for hydroxylation is 1. The number of anilines is 1. The van der Waals surface area contributed by atoms with Crippen LogP contribution in [0.4, 0.5) is 10.5 Å². The van der Waals surface area contributed by atoms with Gasteiger partial charge < -0.3 is 10.2 Å². The molecule has 9 nitrogen and oxygen atoms in total. The molecule has 0 aliphatic carbocycles. The van der Waals surface area contributed by atoms with E-state index < -0.39 is 6.09 Å². The number of benzene rings is 1. The molecule has 0 spiro atoms. The number of amides is 1. The Labute approximate surface area is 167 Å². The van der Waals surface area contributed by atoms with E-state index in [-0.39, 0.29) is 25.0 Å². The van der Waals surface area contributed by atoms with E-state index in [0.29, 0.717) is 24.2 Å². The van der Waals surface area contributed by atoms with Gasteiger partial charge in [-0.15, -0.1) is 0 Å². The standard InChI is InChI=1S/C20H23N5O4/c1-23-14-17(13-21-23)25-9-7-19(27)18(22-25)12-15-5-4-6-16(11-15)24(20(28)29)8-2-3-10-26/h4-7,9,11,13-14,26H,2-3,8,10,12H2,1H3,(H,28,29). The van der Waals surface area contributed by atoms with Crippen molar-refractivity contribution in [3.8, 4) is 5.69 Å². The smallest absolute Gasteiger partial charge is 0.411 e. The van der Waals surface area contributed by atoms with Crippen LogP contribution in [0.15, 0.2) is 53.7 Å². The van der Waals surface area contributed by atoms with E-state index in [1.807, 2.05) is 6.07 Å². The number of carboxylic acid groups (broad SMARTS) is 1. The largest absolute Gasteiger partial charge is 0.465 e. The van der Waals surface area contributed by atoms with Crippen molar-refractivity contribution in [3.63, 3.8) is 0 Å². The molecule has 2 aromatic heterocycles. The lowest BCUT2D eigenvalue weighted by molar-refractivity contribution is 0.201. The molecule has 3 aromatic rings. The van der Waals surface area contributed by atoms with Crippen LogP contribution in [0.1, 0.15) is 24.1 Å². The van der Waals surface area contributed by atoms with Gasteiger partial charge in [-0.05, 0) is 30.5 Å². The molecule has 1 aromatic carbocycles. The summed E-state index contributed by atoms with van der Waals surface area (Å²) < 4.78 is 3.24. The van der Waals surface area contributed by atoms with Crippen LogP contribution >= 0.6 is 0 Å². The number of rotatable bonds is 8. The second-order valence-electron chi connectivity index (χ2n) is 6.66. The predicted octanol–water partition coefficient (Wildman–Crippen LogP) is 1.81. The Morgan fingerprint density at radius 3 is 2.76 bits per heavy atom. The minimum absolute atomic E-state index is 0.0242. The SMILES string of the molecule is Cn1cc(-n2ccc(=O)c(Cc3cccc(N(CCCCO)C(=O)O)c3)n2)cn1. The summed E-state index contributed by atoms with van der Waals surface area (Å²) in [4.78, 5) is 25.1. The van der Waals surface area contributed by atoms with Crippen LogP contribution in [0.5, 0.6) is 0 Å². The monoisotopic (exact) mass is 397 g/mol. The first-order valence-electron chi connectivity index (χ1n) is 9.26. The van der Waals surface area contributed by atoms with Crippen molar-refractivity contribution >= 4 is 11.8 Å². The van der Waals surface area contributed by atoms with Crippen LogP contribution in [-0.2, 0) is 13.5 Å². The lowest BCUT2D eigenvalue weighted by Crippen LogP contribution is -2.30. The molecule has 0 bridgehead atoms. The van der Waals surface area contributed by atoms with E-state index in [1.165, 1.54) is 11.0 Å². The molecule has 0 aliphatic rings. The van der Waals surface area contributed by atoms with E-state index in [9.17, 15) is 14.7 Å². The quantitative estimate of drug-likeness (QED) is 0.561. The molecule has 9 heteroatoms. The molecule has 0 atom stereocenters. The minimum Gasteiger partial charge on any atom is -0.465 e. The van der Waals surface area contributed by atoms with Gasteiger partial charge >= 0.3 is 6.09 Å². The van der Waals surface area contributed by atoms with E-state index in [0.717, 1.165) is 11.3 Å². The Hall–Kier alpha value is -3.46. The van der Waals surface area contributed by atoms with Gasteiger partial charge in [0.05, 0.1) is 12.4 Å². The summed E-state index contributed by atoms with van der Waals surface area (Å²) in [6.45, 7) is 0.313. The number of aliphatic hydroxyl groups excluding tert-OH is 1. The van der Waals surface area contributed by atoms with Crippen LogP contribution < -0.4 is 10.3 Å². The van der Waals surface area contributed by atoms with Gasteiger partial charge in [-0.3, -0.25) is 14.4 Å². The van der Waals surface area contributed by atoms with E-state index in [1.54, 1.807) is 53.2 Å². The van der Waals surface area contributed by atoms with Crippen molar-refractivity contribution in [1.82, 2.24) is 19.6 Å². The molecular weight excluding hydrogens is 374 g/mol. The first-order chi connectivity index (χ1) is 14.0. The predicted molar refractivity (Wildman–Crippen MR) is 108 cm³/mol. The highest BCUT2D eigenvalue weighted by Crippen LogP contribution is 2.19. The fraction of sp³-hybridized carbons (Fsp3) is 0.300. The van der Waals surface area contributed by atoms with E-state index in [4.69, 9.17) is 5.11 Å². The van der Waals surface area contributed by atoms with Gasteiger partial charge in [-0.25, -0.2) is 9.48 Å². The fourth-order valence-electron chi connectivity index (χ4n) is 2.98. The highest BCUT2D eigenvalue weighted by Gasteiger charge is 2.15. The molecule has 0 aliphatic heterocycles. The van der Waals surface area contributed by atoms with E-state index in [2.05, 4.69) is 10.2 Å². The molecule has 29 heavy (non-hydrogen) atoms. The Balaban J connectivity index is 1.84. The Morgan fingerprint density at radius 1 is 1.24 bits per heavy atom. The summed E-state index contributed by atoms with van der Waals surface area (Å²) in [5.74, 6) is 0. The maximum atomic E-state index is 12.3. The third-order valence-corrected chi connectivity index (χ3v) is 4.45. The first kappa shape index (κ1) is 20.3. The lowest BCUT2D eigenvalue weighted by Gasteiger charge is -2.19. The van der Waals surface area contributed by atoms with Crippen molar-refractivity contribution in [3.05, 3.63) is 70.4 Å². The Morgan fingerprint density at radius 2 is 2.07 bits per heavy atom. The van der Waals surface area contributed by atoms with Crippen molar-refractivity contribution in [2.75, 3.05) is 18.1 Å². The lowest BCUT2D eigenvalue weighted by atomic mass is 10.1. The molecule has 3 rings (SSSR count). The van der Waals surface area contributed by atoms with Gasteiger partial charge in [0.2, 0.25) is 5.43 Å². The second kappa shape index (κ2) is 9.16. The van der Waals surface area contributed by atoms with E-state index >= 15 is 0 Å². The summed E-state index contributed by atoms with van der Waals surface area (Å²) in [7, 11) is 1.80. The maximum absolute atomic E-state index is 12.3.